The van der Waals surface area contributed by atoms with E-state index in [0.717, 1.165) is 11.4 Å². The lowest BCUT2D eigenvalue weighted by Gasteiger charge is -2.34. The van der Waals surface area contributed by atoms with Gasteiger partial charge in [-0.1, -0.05) is 261 Å². The Morgan fingerprint density at radius 2 is 0.697 bits per heavy atom. The van der Waals surface area contributed by atoms with E-state index in [2.05, 4.69) is 312 Å². The Morgan fingerprint density at radius 1 is 0.263 bits per heavy atom. The molecule has 76 heavy (non-hydrogen) atoms. The van der Waals surface area contributed by atoms with Crippen molar-refractivity contribution in [1.29, 1.82) is 0 Å². The van der Waals surface area contributed by atoms with E-state index >= 15 is 0 Å². The van der Waals surface area contributed by atoms with Crippen LogP contribution >= 0.6 is 0 Å². The second-order valence-electron chi connectivity index (χ2n) is 20.3. The molecule has 4 heteroatoms. The smallest absolute Gasteiger partial charge is 0.180 e. The molecule has 3 heterocycles. The van der Waals surface area contributed by atoms with Crippen LogP contribution in [0.2, 0.25) is 0 Å². The van der Waals surface area contributed by atoms with Crippen LogP contribution in [0.3, 0.4) is 0 Å². The lowest BCUT2D eigenvalue weighted by atomic mass is 9.92. The van der Waals surface area contributed by atoms with E-state index in [9.17, 15) is 0 Å². The topological polar surface area (TPSA) is 9.86 Å². The molecule has 12 aromatic carbocycles. The second-order valence-corrected chi connectivity index (χ2v) is 27.8. The highest BCUT2D eigenvalue weighted by atomic mass is 28.3. The molecule has 1 aliphatic rings. The van der Waals surface area contributed by atoms with Gasteiger partial charge in [0.15, 0.2) is 16.1 Å². The zero-order valence-corrected chi connectivity index (χ0v) is 43.8. The Bertz CT molecular complexity index is 4370. The van der Waals surface area contributed by atoms with Gasteiger partial charge in [0, 0.05) is 32.9 Å². The van der Waals surface area contributed by atoms with Gasteiger partial charge < -0.3 is 9.13 Å². The fourth-order valence-corrected chi connectivity index (χ4v) is 23.5. The van der Waals surface area contributed by atoms with Gasteiger partial charge in [-0.15, -0.1) is 0 Å². The first kappa shape index (κ1) is 44.2. The predicted octanol–water partition coefficient (Wildman–Crippen LogP) is 12.3. The molecule has 0 bridgehead atoms. The van der Waals surface area contributed by atoms with E-state index in [0.29, 0.717) is 0 Å². The summed E-state index contributed by atoms with van der Waals surface area (Å²) in [6, 6.07) is 114. The van der Waals surface area contributed by atoms with Crippen molar-refractivity contribution >= 4 is 101 Å². The van der Waals surface area contributed by atoms with Gasteiger partial charge in [-0.2, -0.15) is 0 Å². The minimum Gasteiger partial charge on any atom is -0.309 e. The number of fused-ring (bicyclic) bond motifs is 9. The molecule has 0 N–H and O–H groups in total. The largest absolute Gasteiger partial charge is 0.309 e. The van der Waals surface area contributed by atoms with Crippen LogP contribution in [0.5, 0.6) is 0 Å². The molecule has 0 amide bonds. The van der Waals surface area contributed by atoms with Gasteiger partial charge in [0.2, 0.25) is 0 Å². The predicted molar refractivity (Wildman–Crippen MR) is 327 cm³/mol. The molecule has 2 nitrogen and oxygen atoms in total. The minimum atomic E-state index is -2.81. The third-order valence-electron chi connectivity index (χ3n) is 16.5. The summed E-state index contributed by atoms with van der Waals surface area (Å²) in [5.41, 5.74) is 12.2. The second kappa shape index (κ2) is 17.7. The van der Waals surface area contributed by atoms with E-state index in [4.69, 9.17) is 0 Å². The maximum Gasteiger partial charge on any atom is 0.180 e. The molecule has 0 spiro atoms. The number of aromatic nitrogens is 2. The number of para-hydroxylation sites is 2. The van der Waals surface area contributed by atoms with Gasteiger partial charge in [0.05, 0.1) is 22.1 Å². The zero-order valence-electron chi connectivity index (χ0n) is 41.8. The summed E-state index contributed by atoms with van der Waals surface area (Å²) in [6.45, 7) is 0. The van der Waals surface area contributed by atoms with Crippen molar-refractivity contribution in [2.75, 3.05) is 0 Å². The van der Waals surface area contributed by atoms with Crippen LogP contribution in [0.4, 0.5) is 0 Å². The van der Waals surface area contributed by atoms with Crippen molar-refractivity contribution in [3.63, 3.8) is 0 Å². The van der Waals surface area contributed by atoms with Crippen molar-refractivity contribution in [2.24, 2.45) is 0 Å². The van der Waals surface area contributed by atoms with Crippen LogP contribution in [0.1, 0.15) is 0 Å². The maximum atomic E-state index is 2.51. The number of nitrogens with zero attached hydrogens (tertiary/aromatic N) is 2. The van der Waals surface area contributed by atoms with Crippen LogP contribution in [0.25, 0.3) is 77.2 Å². The molecule has 14 aromatic rings. The normalized spacial score (nSPS) is 12.8. The molecule has 15 rings (SSSR count). The van der Waals surface area contributed by atoms with Crippen LogP contribution in [0, 0.1) is 0 Å². The average molecular weight is 999 g/mol. The lowest BCUT2D eigenvalue weighted by molar-refractivity contribution is 1.16. The number of hydrogen-bond donors (Lipinski definition) is 0. The quantitative estimate of drug-likeness (QED) is 0.101. The number of benzene rings is 12. The van der Waals surface area contributed by atoms with E-state index in [1.807, 2.05) is 0 Å². The Kier molecular flexibility index (Phi) is 10.3. The van der Waals surface area contributed by atoms with Crippen molar-refractivity contribution in [3.8, 4) is 33.6 Å². The van der Waals surface area contributed by atoms with E-state index in [1.54, 1.807) is 0 Å². The van der Waals surface area contributed by atoms with Crippen LogP contribution in [-0.4, -0.2) is 25.3 Å². The molecule has 2 aromatic heterocycles. The molecular formula is C72H50N2Si2. The van der Waals surface area contributed by atoms with Crippen molar-refractivity contribution in [3.05, 3.63) is 303 Å². The molecule has 0 radical (unpaired) electrons. The zero-order chi connectivity index (χ0) is 50.2. The number of rotatable bonds is 9. The highest BCUT2D eigenvalue weighted by molar-refractivity contribution is 7.22. The van der Waals surface area contributed by atoms with E-state index in [1.165, 1.54) is 107 Å². The van der Waals surface area contributed by atoms with Crippen LogP contribution in [-0.2, 0) is 0 Å². The summed E-state index contributed by atoms with van der Waals surface area (Å²) in [7, 11) is -5.52. The summed E-state index contributed by atoms with van der Waals surface area (Å²) in [4.78, 5) is 0. The first-order chi connectivity index (χ1) is 37.7. The third-order valence-corrected chi connectivity index (χ3v) is 26.2. The summed E-state index contributed by atoms with van der Waals surface area (Å²) in [5, 5.41) is 16.1. The summed E-state index contributed by atoms with van der Waals surface area (Å²) in [6.07, 6.45) is 0. The minimum absolute atomic E-state index is 1.13. The van der Waals surface area contributed by atoms with Crippen molar-refractivity contribution in [2.45, 2.75) is 0 Å². The molecule has 0 atom stereocenters. The standard InChI is InChI=1S/C72H50N2Si2/c1-6-26-53(27-7-1)75(54-28-8-2-9-29-54,55-30-10-3-11-31-55)58-36-22-25-51(49-58)74-65-42-19-16-37-59(65)60-48-47-52(50-68(60)74)73-66-43-20-17-38-63(66)71-61(40-23-44-67(71)73)62-41-24-46-70-72(62)64-39-18-21-45-69(64)76(70,56-32-12-4-13-33-56)57-34-14-5-15-35-57/h1-50H. The molecule has 0 unspecified atom stereocenters. The summed E-state index contributed by atoms with van der Waals surface area (Å²) < 4.78 is 5.02. The molecule has 0 saturated heterocycles. The maximum absolute atomic E-state index is 2.81. The van der Waals surface area contributed by atoms with Gasteiger partial charge in [-0.25, -0.2) is 0 Å². The van der Waals surface area contributed by atoms with Gasteiger partial charge in [-0.3, -0.25) is 0 Å². The average Bonchev–Trinajstić information content (AvgIpc) is 4.18. The van der Waals surface area contributed by atoms with Gasteiger partial charge in [0.1, 0.15) is 0 Å². The Labute approximate surface area is 444 Å². The Hall–Kier alpha value is -9.33. The van der Waals surface area contributed by atoms with Gasteiger partial charge in [0.25, 0.3) is 0 Å². The van der Waals surface area contributed by atoms with Crippen LogP contribution in [0.15, 0.2) is 303 Å². The lowest BCUT2D eigenvalue weighted by Crippen LogP contribution is -2.74. The first-order valence-electron chi connectivity index (χ1n) is 26.4. The fourth-order valence-electron chi connectivity index (χ4n) is 13.6. The molecule has 356 valence electrons. The number of hydrogen-bond acceptors (Lipinski definition) is 0. The SMILES string of the molecule is c1ccc([Si](c2ccccc2)(c2ccccc2)c2cccc(-n3c4ccccc4c4ccc(-n5c6ccccc6c6c(-c7cccc8c7-c7ccccc7[Si]8(c7ccccc7)c7ccccc7)cccc65)cc43)c2)cc1. The van der Waals surface area contributed by atoms with Crippen molar-refractivity contribution < 1.29 is 0 Å². The van der Waals surface area contributed by atoms with Crippen LogP contribution < -0.4 is 41.5 Å². The van der Waals surface area contributed by atoms with Crippen molar-refractivity contribution in [1.82, 2.24) is 9.13 Å². The highest BCUT2D eigenvalue weighted by Crippen LogP contribution is 2.44. The van der Waals surface area contributed by atoms with Gasteiger partial charge >= 0.3 is 0 Å². The molecule has 0 fully saturated rings. The third kappa shape index (κ3) is 6.38. The molecular weight excluding hydrogens is 949 g/mol. The summed E-state index contributed by atoms with van der Waals surface area (Å²) in [5.74, 6) is 0. The monoisotopic (exact) mass is 998 g/mol. The molecule has 0 aliphatic carbocycles. The Morgan fingerprint density at radius 3 is 1.36 bits per heavy atom. The Balaban J connectivity index is 0.958. The summed E-state index contributed by atoms with van der Waals surface area (Å²) >= 11 is 0. The van der Waals surface area contributed by atoms with Gasteiger partial charge in [-0.05, 0) is 106 Å². The molecule has 1 aliphatic heterocycles. The highest BCUT2D eigenvalue weighted by Gasteiger charge is 2.49. The van der Waals surface area contributed by atoms with E-state index < -0.39 is 16.1 Å². The first-order valence-corrected chi connectivity index (χ1v) is 30.4. The molecule has 0 saturated carbocycles. The van der Waals surface area contributed by atoms with E-state index in [-0.39, 0.29) is 0 Å². The fraction of sp³-hybridized carbons (Fsp3) is 0.